The van der Waals surface area contributed by atoms with Gasteiger partial charge in [0.15, 0.2) is 0 Å². The molecule has 4 rings (SSSR count). The molecule has 1 atom stereocenters. The Morgan fingerprint density at radius 3 is 2.73 bits per heavy atom. The lowest BCUT2D eigenvalue weighted by Crippen LogP contribution is -2.41. The standard InChI is InChI=1S/C26H31Cl2N5O4/c1-17-24(31-26(34)30-23-14-22(28)21(27)13-18(23)7-6-11-35-2)33(19-8-4-3-5-9-19)32-25(17)37-16-20-15-29-10-12-36-20/h3-5,8-9,13-14,20,29H,6-7,10-12,15-16H2,1-2H3,(H2,30,31,34). The van der Waals surface area contributed by atoms with Crippen LogP contribution in [0.15, 0.2) is 42.5 Å². The van der Waals surface area contributed by atoms with E-state index in [1.54, 1.807) is 23.9 Å². The SMILES string of the molecule is COCCCc1cc(Cl)c(Cl)cc1NC(=O)Nc1c(C)c(OCC2CNCCO2)nn1-c1ccccc1. The number of para-hydroxylation sites is 1. The Hall–Kier alpha value is -2.82. The maximum atomic E-state index is 13.2. The second-order valence-electron chi connectivity index (χ2n) is 8.63. The fourth-order valence-corrected chi connectivity index (χ4v) is 4.34. The van der Waals surface area contributed by atoms with E-state index in [0.29, 0.717) is 65.8 Å². The van der Waals surface area contributed by atoms with Crippen LogP contribution in [0.25, 0.3) is 5.69 Å². The van der Waals surface area contributed by atoms with Crippen LogP contribution in [0.3, 0.4) is 0 Å². The quantitative estimate of drug-likeness (QED) is 0.306. The number of hydrogen-bond donors (Lipinski definition) is 3. The summed E-state index contributed by atoms with van der Waals surface area (Å²) in [7, 11) is 1.65. The van der Waals surface area contributed by atoms with Crippen molar-refractivity contribution >= 4 is 40.7 Å². The van der Waals surface area contributed by atoms with Crippen LogP contribution in [0.4, 0.5) is 16.3 Å². The van der Waals surface area contributed by atoms with E-state index in [1.807, 2.05) is 37.3 Å². The van der Waals surface area contributed by atoms with E-state index in [4.69, 9.17) is 37.4 Å². The van der Waals surface area contributed by atoms with Crippen molar-refractivity contribution in [1.82, 2.24) is 15.1 Å². The first kappa shape index (κ1) is 27.2. The third-order valence-corrected chi connectivity index (χ3v) is 6.63. The van der Waals surface area contributed by atoms with Gasteiger partial charge in [0.25, 0.3) is 0 Å². The highest BCUT2D eigenvalue weighted by Crippen LogP contribution is 2.31. The van der Waals surface area contributed by atoms with E-state index < -0.39 is 6.03 Å². The molecule has 1 aliphatic rings. The zero-order valence-electron chi connectivity index (χ0n) is 20.9. The van der Waals surface area contributed by atoms with Crippen LogP contribution in [0.2, 0.25) is 10.0 Å². The summed E-state index contributed by atoms with van der Waals surface area (Å²) in [5, 5.41) is 14.6. The minimum absolute atomic E-state index is 0.0686. The summed E-state index contributed by atoms with van der Waals surface area (Å²) in [6.07, 6.45) is 1.36. The third-order valence-electron chi connectivity index (χ3n) is 5.91. The normalized spacial score (nSPS) is 15.4. The monoisotopic (exact) mass is 547 g/mol. The number of halogens is 2. The summed E-state index contributed by atoms with van der Waals surface area (Å²) in [5.41, 5.74) is 2.91. The van der Waals surface area contributed by atoms with E-state index in [2.05, 4.69) is 21.0 Å². The van der Waals surface area contributed by atoms with Gasteiger partial charge in [-0.2, -0.15) is 0 Å². The number of amides is 2. The summed E-state index contributed by atoms with van der Waals surface area (Å²) >= 11 is 12.5. The molecule has 0 saturated carbocycles. The van der Waals surface area contributed by atoms with Gasteiger partial charge in [0.1, 0.15) is 18.5 Å². The Bertz CT molecular complexity index is 1200. The number of rotatable bonds is 10. The van der Waals surface area contributed by atoms with Crippen LogP contribution in [0.1, 0.15) is 17.5 Å². The van der Waals surface area contributed by atoms with Gasteiger partial charge >= 0.3 is 6.03 Å². The third kappa shape index (κ3) is 7.15. The van der Waals surface area contributed by atoms with Crippen LogP contribution in [0.5, 0.6) is 5.88 Å². The first-order valence-corrected chi connectivity index (χ1v) is 12.9. The number of carbonyl (C=O) groups is 1. The highest BCUT2D eigenvalue weighted by molar-refractivity contribution is 6.42. The predicted octanol–water partition coefficient (Wildman–Crippen LogP) is 5.08. The molecule has 11 heteroatoms. The van der Waals surface area contributed by atoms with Crippen LogP contribution in [-0.4, -0.2) is 61.9 Å². The maximum absolute atomic E-state index is 13.2. The Balaban J connectivity index is 1.55. The highest BCUT2D eigenvalue weighted by Gasteiger charge is 2.22. The number of anilines is 2. The molecule has 1 aromatic heterocycles. The molecule has 0 spiro atoms. The van der Waals surface area contributed by atoms with Gasteiger partial charge in [0.2, 0.25) is 5.88 Å². The molecule has 3 N–H and O–H groups in total. The number of aromatic nitrogens is 2. The zero-order chi connectivity index (χ0) is 26.2. The van der Waals surface area contributed by atoms with Crippen LogP contribution < -0.4 is 20.7 Å². The second kappa shape index (κ2) is 13.1. The number of methoxy groups -OCH3 is 1. The van der Waals surface area contributed by atoms with E-state index in [9.17, 15) is 4.79 Å². The summed E-state index contributed by atoms with van der Waals surface area (Å²) in [5.74, 6) is 0.908. The molecular formula is C26H31Cl2N5O4. The van der Waals surface area contributed by atoms with Gasteiger partial charge in [-0.25, -0.2) is 9.48 Å². The van der Waals surface area contributed by atoms with E-state index in [-0.39, 0.29) is 6.10 Å². The highest BCUT2D eigenvalue weighted by atomic mass is 35.5. The Labute approximate surface area is 226 Å². The first-order chi connectivity index (χ1) is 18.0. The number of hydrogen-bond acceptors (Lipinski definition) is 6. The molecule has 3 aromatic rings. The molecule has 2 amide bonds. The van der Waals surface area contributed by atoms with Gasteiger partial charge in [-0.15, -0.1) is 5.10 Å². The molecule has 198 valence electrons. The molecule has 1 unspecified atom stereocenters. The molecule has 0 aliphatic carbocycles. The molecule has 1 aliphatic heterocycles. The lowest BCUT2D eigenvalue weighted by molar-refractivity contribution is -0.000938. The lowest BCUT2D eigenvalue weighted by Gasteiger charge is -2.23. The van der Waals surface area contributed by atoms with Crippen molar-refractivity contribution < 1.29 is 19.0 Å². The fraction of sp³-hybridized carbons (Fsp3) is 0.385. The van der Waals surface area contributed by atoms with Crippen molar-refractivity contribution in [3.63, 3.8) is 0 Å². The average molecular weight is 548 g/mol. The predicted molar refractivity (Wildman–Crippen MR) is 146 cm³/mol. The molecular weight excluding hydrogens is 517 g/mol. The molecule has 0 radical (unpaired) electrons. The van der Waals surface area contributed by atoms with Crippen molar-refractivity contribution in [1.29, 1.82) is 0 Å². The number of ether oxygens (including phenoxy) is 3. The van der Waals surface area contributed by atoms with E-state index in [0.717, 1.165) is 24.2 Å². The van der Waals surface area contributed by atoms with Crippen molar-refractivity contribution in [3.05, 3.63) is 63.6 Å². The van der Waals surface area contributed by atoms with E-state index >= 15 is 0 Å². The van der Waals surface area contributed by atoms with E-state index in [1.165, 1.54) is 0 Å². The van der Waals surface area contributed by atoms with Gasteiger partial charge in [-0.1, -0.05) is 41.4 Å². The molecule has 0 bridgehead atoms. The van der Waals surface area contributed by atoms with Gasteiger partial charge in [0.05, 0.1) is 27.9 Å². The van der Waals surface area contributed by atoms with Crippen LogP contribution in [0, 0.1) is 6.92 Å². The zero-order valence-corrected chi connectivity index (χ0v) is 22.4. The largest absolute Gasteiger partial charge is 0.474 e. The van der Waals surface area contributed by atoms with Gasteiger partial charge in [0, 0.05) is 32.5 Å². The molecule has 37 heavy (non-hydrogen) atoms. The second-order valence-corrected chi connectivity index (χ2v) is 9.45. The minimum atomic E-state index is -0.446. The smallest absolute Gasteiger partial charge is 0.324 e. The van der Waals surface area contributed by atoms with Crippen molar-refractivity contribution in [2.24, 2.45) is 0 Å². The topological polar surface area (TPSA) is 98.7 Å². The summed E-state index contributed by atoms with van der Waals surface area (Å²) in [6, 6.07) is 12.5. The van der Waals surface area contributed by atoms with Gasteiger partial charge in [-0.3, -0.25) is 5.32 Å². The number of benzene rings is 2. The number of morpholine rings is 1. The van der Waals surface area contributed by atoms with Crippen LogP contribution >= 0.6 is 23.2 Å². The molecule has 9 nitrogen and oxygen atoms in total. The lowest BCUT2D eigenvalue weighted by atomic mass is 10.1. The molecule has 2 aromatic carbocycles. The summed E-state index contributed by atoms with van der Waals surface area (Å²) in [4.78, 5) is 13.2. The van der Waals surface area contributed by atoms with Gasteiger partial charge in [-0.05, 0) is 49.6 Å². The van der Waals surface area contributed by atoms with Crippen molar-refractivity contribution in [2.45, 2.75) is 25.9 Å². The van der Waals surface area contributed by atoms with Crippen molar-refractivity contribution in [2.75, 3.05) is 50.7 Å². The first-order valence-electron chi connectivity index (χ1n) is 12.1. The maximum Gasteiger partial charge on any atom is 0.324 e. The molecule has 1 fully saturated rings. The Morgan fingerprint density at radius 2 is 2.00 bits per heavy atom. The molecule has 2 heterocycles. The Kier molecular flexibility index (Phi) is 9.65. The summed E-state index contributed by atoms with van der Waals surface area (Å²) < 4.78 is 18.5. The van der Waals surface area contributed by atoms with Crippen molar-refractivity contribution in [3.8, 4) is 11.6 Å². The number of aryl methyl sites for hydroxylation is 1. The van der Waals surface area contributed by atoms with Crippen LogP contribution in [-0.2, 0) is 15.9 Å². The minimum Gasteiger partial charge on any atom is -0.474 e. The Morgan fingerprint density at radius 1 is 1.22 bits per heavy atom. The fourth-order valence-electron chi connectivity index (χ4n) is 3.99. The number of nitrogens with zero attached hydrogens (tertiary/aromatic N) is 2. The molecule has 1 saturated heterocycles. The average Bonchev–Trinajstić information content (AvgIpc) is 3.21. The number of carbonyl (C=O) groups excluding carboxylic acids is 1. The number of nitrogens with one attached hydrogen (secondary N) is 3. The number of urea groups is 1. The summed E-state index contributed by atoms with van der Waals surface area (Å²) in [6.45, 7) is 4.97. The van der Waals surface area contributed by atoms with Gasteiger partial charge < -0.3 is 24.8 Å².